The molecule has 1 heterocycles. The van der Waals surface area contributed by atoms with Crippen molar-refractivity contribution in [2.75, 3.05) is 5.73 Å². The molecule has 0 aliphatic heterocycles. The molecule has 0 saturated heterocycles. The molecule has 0 spiro atoms. The molecule has 18 heavy (non-hydrogen) atoms. The number of esters is 1. The van der Waals surface area contributed by atoms with E-state index in [9.17, 15) is 4.79 Å². The van der Waals surface area contributed by atoms with Gasteiger partial charge in [-0.3, -0.25) is 0 Å². The van der Waals surface area contributed by atoms with E-state index in [4.69, 9.17) is 10.5 Å². The van der Waals surface area contributed by atoms with E-state index in [0.29, 0.717) is 16.5 Å². The van der Waals surface area contributed by atoms with Crippen LogP contribution < -0.4 is 5.73 Å². The molecule has 1 aliphatic rings. The van der Waals surface area contributed by atoms with Gasteiger partial charge in [0.25, 0.3) is 0 Å². The second-order valence-corrected chi connectivity index (χ2v) is 7.23. The van der Waals surface area contributed by atoms with Gasteiger partial charge in [0.15, 0.2) is 0 Å². The first kappa shape index (κ1) is 13.4. The lowest BCUT2D eigenvalue weighted by Gasteiger charge is -2.22. The summed E-state index contributed by atoms with van der Waals surface area (Å²) in [4.78, 5) is 13.5. The Bertz CT molecular complexity index is 471. The van der Waals surface area contributed by atoms with Crippen LogP contribution in [0.5, 0.6) is 0 Å². The van der Waals surface area contributed by atoms with Gasteiger partial charge in [-0.25, -0.2) is 4.79 Å². The summed E-state index contributed by atoms with van der Waals surface area (Å²) in [6.07, 6.45) is 3.10. The van der Waals surface area contributed by atoms with Crippen molar-refractivity contribution in [3.63, 3.8) is 0 Å². The third-order valence-electron chi connectivity index (χ3n) is 3.14. The fraction of sp³-hybridized carbons (Fsp3) is 0.643. The monoisotopic (exact) mass is 267 g/mol. The van der Waals surface area contributed by atoms with Crippen LogP contribution in [0.1, 0.15) is 54.9 Å². The standard InChI is InChI=1S/C14H21NO2S/c1-8-5-6-9-10(7-8)18-12(15)11(9)13(16)17-14(2,3)4/h8H,5-7,15H2,1-4H3/t8-/m0/s1. The highest BCUT2D eigenvalue weighted by Crippen LogP contribution is 2.38. The van der Waals surface area contributed by atoms with Crippen LogP contribution in [0.2, 0.25) is 0 Å². The zero-order valence-corrected chi connectivity index (χ0v) is 12.3. The van der Waals surface area contributed by atoms with Gasteiger partial charge in [0.1, 0.15) is 10.6 Å². The Hall–Kier alpha value is -1.03. The topological polar surface area (TPSA) is 52.3 Å². The highest BCUT2D eigenvalue weighted by atomic mass is 32.1. The van der Waals surface area contributed by atoms with Crippen molar-refractivity contribution < 1.29 is 9.53 Å². The highest BCUT2D eigenvalue weighted by molar-refractivity contribution is 7.16. The first-order chi connectivity index (χ1) is 8.28. The van der Waals surface area contributed by atoms with Gasteiger partial charge in [0.05, 0.1) is 5.56 Å². The quantitative estimate of drug-likeness (QED) is 0.793. The number of nitrogens with two attached hydrogens (primary N) is 1. The maximum atomic E-state index is 12.2. The Morgan fingerprint density at radius 3 is 2.72 bits per heavy atom. The van der Waals surface area contributed by atoms with E-state index in [1.165, 1.54) is 4.88 Å². The van der Waals surface area contributed by atoms with E-state index in [-0.39, 0.29) is 5.97 Å². The zero-order chi connectivity index (χ0) is 13.5. The molecule has 0 unspecified atom stereocenters. The van der Waals surface area contributed by atoms with Gasteiger partial charge >= 0.3 is 5.97 Å². The minimum Gasteiger partial charge on any atom is -0.456 e. The average Bonchev–Trinajstić information content (AvgIpc) is 2.50. The molecule has 1 aliphatic carbocycles. The summed E-state index contributed by atoms with van der Waals surface area (Å²) in [5.74, 6) is 0.411. The van der Waals surface area contributed by atoms with Crippen LogP contribution in [-0.4, -0.2) is 11.6 Å². The average molecular weight is 267 g/mol. The van der Waals surface area contributed by atoms with E-state index >= 15 is 0 Å². The fourth-order valence-corrected chi connectivity index (χ4v) is 3.59. The minimum absolute atomic E-state index is 0.271. The molecule has 3 nitrogen and oxygen atoms in total. The summed E-state index contributed by atoms with van der Waals surface area (Å²) in [5, 5.41) is 0.614. The predicted molar refractivity (Wildman–Crippen MR) is 75.1 cm³/mol. The number of carbonyl (C=O) groups excluding carboxylic acids is 1. The van der Waals surface area contributed by atoms with Crippen LogP contribution in [0.3, 0.4) is 0 Å². The van der Waals surface area contributed by atoms with Gasteiger partial charge in [-0.05, 0) is 51.5 Å². The van der Waals surface area contributed by atoms with E-state index in [1.807, 2.05) is 20.8 Å². The molecule has 1 aromatic rings. The molecular formula is C14H21NO2S. The fourth-order valence-electron chi connectivity index (χ4n) is 2.32. The van der Waals surface area contributed by atoms with Crippen LogP contribution in [-0.2, 0) is 17.6 Å². The Morgan fingerprint density at radius 1 is 1.44 bits per heavy atom. The third kappa shape index (κ3) is 2.69. The molecule has 0 amide bonds. The largest absolute Gasteiger partial charge is 0.456 e. The molecule has 1 atom stereocenters. The van der Waals surface area contributed by atoms with E-state index in [0.717, 1.165) is 24.8 Å². The number of nitrogen functional groups attached to an aromatic ring is 1. The number of rotatable bonds is 1. The maximum Gasteiger partial charge on any atom is 0.341 e. The molecule has 0 radical (unpaired) electrons. The Balaban J connectivity index is 2.31. The van der Waals surface area contributed by atoms with Gasteiger partial charge in [0.2, 0.25) is 0 Å². The number of carbonyl (C=O) groups is 1. The molecule has 100 valence electrons. The molecule has 0 saturated carbocycles. The third-order valence-corrected chi connectivity index (χ3v) is 4.23. The predicted octanol–water partition coefficient (Wildman–Crippen LogP) is 3.41. The van der Waals surface area contributed by atoms with Crippen molar-refractivity contribution in [3.05, 3.63) is 16.0 Å². The second-order valence-electron chi connectivity index (χ2n) is 6.09. The van der Waals surface area contributed by atoms with Crippen LogP contribution in [0.4, 0.5) is 5.00 Å². The van der Waals surface area contributed by atoms with Crippen LogP contribution in [0.15, 0.2) is 0 Å². The number of hydrogen-bond acceptors (Lipinski definition) is 4. The van der Waals surface area contributed by atoms with Crippen molar-refractivity contribution in [2.45, 2.75) is 52.6 Å². The van der Waals surface area contributed by atoms with Crippen LogP contribution in [0, 0.1) is 5.92 Å². The molecule has 2 rings (SSSR count). The van der Waals surface area contributed by atoms with Crippen molar-refractivity contribution in [1.29, 1.82) is 0 Å². The molecule has 0 aromatic carbocycles. The lowest BCUT2D eigenvalue weighted by atomic mass is 9.88. The Morgan fingerprint density at radius 2 is 2.11 bits per heavy atom. The number of anilines is 1. The highest BCUT2D eigenvalue weighted by Gasteiger charge is 2.29. The SMILES string of the molecule is C[C@H]1CCc2c(sc(N)c2C(=O)OC(C)(C)C)C1. The van der Waals surface area contributed by atoms with Crippen molar-refractivity contribution in [3.8, 4) is 0 Å². The first-order valence-electron chi connectivity index (χ1n) is 6.41. The lowest BCUT2D eigenvalue weighted by Crippen LogP contribution is -2.25. The molecule has 2 N–H and O–H groups in total. The molecule has 1 aromatic heterocycles. The molecule has 0 bridgehead atoms. The van der Waals surface area contributed by atoms with Crippen molar-refractivity contribution in [2.24, 2.45) is 5.92 Å². The van der Waals surface area contributed by atoms with Gasteiger partial charge < -0.3 is 10.5 Å². The molecular weight excluding hydrogens is 246 g/mol. The second kappa shape index (κ2) is 4.57. The summed E-state index contributed by atoms with van der Waals surface area (Å²) in [7, 11) is 0. The van der Waals surface area contributed by atoms with Gasteiger partial charge in [-0.1, -0.05) is 6.92 Å². The summed E-state index contributed by atoms with van der Waals surface area (Å²) >= 11 is 1.55. The molecule has 4 heteroatoms. The van der Waals surface area contributed by atoms with Crippen molar-refractivity contribution in [1.82, 2.24) is 0 Å². The summed E-state index contributed by atoms with van der Waals surface area (Å²) in [5.41, 5.74) is 7.28. The zero-order valence-electron chi connectivity index (χ0n) is 11.5. The summed E-state index contributed by atoms with van der Waals surface area (Å²) in [6.45, 7) is 7.87. The van der Waals surface area contributed by atoms with E-state index in [1.54, 1.807) is 11.3 Å². The Labute approximate surface area is 112 Å². The maximum absolute atomic E-state index is 12.2. The normalized spacial score (nSPS) is 19.4. The first-order valence-corrected chi connectivity index (χ1v) is 7.23. The van der Waals surface area contributed by atoms with E-state index in [2.05, 4.69) is 6.92 Å². The molecule has 0 fully saturated rings. The number of hydrogen-bond donors (Lipinski definition) is 1. The van der Waals surface area contributed by atoms with Gasteiger partial charge in [0, 0.05) is 4.88 Å². The smallest absolute Gasteiger partial charge is 0.341 e. The lowest BCUT2D eigenvalue weighted by molar-refractivity contribution is 0.00698. The van der Waals surface area contributed by atoms with Crippen LogP contribution >= 0.6 is 11.3 Å². The van der Waals surface area contributed by atoms with E-state index < -0.39 is 5.60 Å². The van der Waals surface area contributed by atoms with Gasteiger partial charge in [-0.15, -0.1) is 11.3 Å². The minimum atomic E-state index is -0.472. The van der Waals surface area contributed by atoms with Crippen molar-refractivity contribution >= 4 is 22.3 Å². The Kier molecular flexibility index (Phi) is 3.41. The number of ether oxygens (including phenoxy) is 1. The van der Waals surface area contributed by atoms with Crippen LogP contribution in [0.25, 0.3) is 0 Å². The summed E-state index contributed by atoms with van der Waals surface area (Å²) in [6, 6.07) is 0. The van der Waals surface area contributed by atoms with Gasteiger partial charge in [-0.2, -0.15) is 0 Å². The number of thiophene rings is 1. The summed E-state index contributed by atoms with van der Waals surface area (Å²) < 4.78 is 5.44. The number of fused-ring (bicyclic) bond motifs is 1.